The van der Waals surface area contributed by atoms with Crippen molar-refractivity contribution in [2.75, 3.05) is 0 Å². The van der Waals surface area contributed by atoms with Crippen LogP contribution in [-0.2, 0) is 9.53 Å². The van der Waals surface area contributed by atoms with Gasteiger partial charge in [-0.05, 0) is 6.92 Å². The lowest BCUT2D eigenvalue weighted by molar-refractivity contribution is -0.441. The Bertz CT molecular complexity index is 685. The highest BCUT2D eigenvalue weighted by molar-refractivity contribution is 5.87. The molecule has 1 fully saturated rings. The Kier molecular flexibility index (Phi) is 5.09. The molecule has 2 nitrogen and oxygen atoms in total. The first-order valence-corrected chi connectivity index (χ1v) is 6.55. The molecule has 0 bridgehead atoms. The number of ether oxygens (including phenoxy) is 1. The molecule has 0 N–H and O–H groups in total. The fourth-order valence-electron chi connectivity index (χ4n) is 2.06. The lowest BCUT2D eigenvalue weighted by Gasteiger charge is -2.43. The van der Waals surface area contributed by atoms with E-state index in [1.165, 1.54) is 0 Å². The van der Waals surface area contributed by atoms with Crippen molar-refractivity contribution in [2.24, 2.45) is 0 Å². The van der Waals surface area contributed by atoms with Gasteiger partial charge in [0.05, 0.1) is 0 Å². The van der Waals surface area contributed by atoms with Gasteiger partial charge in [0.15, 0.2) is 0 Å². The molecule has 0 aromatic rings. The minimum absolute atomic E-state index is 0.359. The van der Waals surface area contributed by atoms with Gasteiger partial charge in [0, 0.05) is 5.57 Å². The maximum absolute atomic E-state index is 14.3. The zero-order valence-electron chi connectivity index (χ0n) is 13.2. The molecule has 170 valence electrons. The molecule has 1 aliphatic rings. The number of hydrogen-bond donors (Lipinski definition) is 0. The molecule has 0 spiro atoms. The van der Waals surface area contributed by atoms with E-state index in [4.69, 9.17) is 0 Å². The SMILES string of the molecule is C=C(C)C(=O)OC(F)(F)C1(F)C(F)(F)C(F)(F)C(F)(F)C(F)(F)C(F)(F)C1(F)F. The summed E-state index contributed by atoms with van der Waals surface area (Å²) in [6, 6.07) is 0. The van der Waals surface area contributed by atoms with E-state index in [1.807, 2.05) is 0 Å². The van der Waals surface area contributed by atoms with E-state index in [-0.39, 0.29) is 0 Å². The summed E-state index contributed by atoms with van der Waals surface area (Å²) in [6.07, 6.45) is -7.49. The summed E-state index contributed by atoms with van der Waals surface area (Å²) in [5.41, 5.74) is -9.66. The number of halogens is 15. The normalized spacial score (nSPS) is 28.1. The quantitative estimate of drug-likeness (QED) is 0.247. The van der Waals surface area contributed by atoms with Gasteiger partial charge in [0.25, 0.3) is 0 Å². The summed E-state index contributed by atoms with van der Waals surface area (Å²) in [6.45, 7) is 2.82. The van der Waals surface area contributed by atoms with Crippen LogP contribution in [0.1, 0.15) is 6.92 Å². The van der Waals surface area contributed by atoms with Crippen LogP contribution in [0.4, 0.5) is 65.9 Å². The first-order chi connectivity index (χ1) is 12.3. The Labute approximate surface area is 149 Å². The molecule has 29 heavy (non-hydrogen) atoms. The van der Waals surface area contributed by atoms with Crippen LogP contribution in [0.5, 0.6) is 0 Å². The minimum atomic E-state index is -8.37. The maximum atomic E-state index is 14.3. The van der Waals surface area contributed by atoms with E-state index in [0.717, 1.165) is 0 Å². The van der Waals surface area contributed by atoms with Crippen LogP contribution < -0.4 is 0 Å². The van der Waals surface area contributed by atoms with Gasteiger partial charge in [0.2, 0.25) is 0 Å². The molecule has 17 heteroatoms. The lowest BCUT2D eigenvalue weighted by Crippen LogP contribution is -2.76. The number of hydrogen-bond acceptors (Lipinski definition) is 2. The van der Waals surface area contributed by atoms with E-state index in [1.54, 1.807) is 0 Å². The molecule has 0 atom stereocenters. The first kappa shape index (κ1) is 25.2. The summed E-state index contributed by atoms with van der Waals surface area (Å²) in [5, 5.41) is 0. The van der Waals surface area contributed by atoms with Crippen molar-refractivity contribution >= 4 is 5.97 Å². The monoisotopic (exact) mass is 466 g/mol. The van der Waals surface area contributed by atoms with Gasteiger partial charge in [-0.1, -0.05) is 6.58 Å². The molecule has 0 aromatic heterocycles. The standard InChI is InChI=1S/C12H5F15O2/c1-3(2)4(28)29-12(26,27)5(13)6(14,15)8(18,19)10(22,23)11(24,25)9(20,21)7(5,16)17/h1H2,2H3. The Morgan fingerprint density at radius 3 is 1.14 bits per heavy atom. The predicted octanol–water partition coefficient (Wildman–Crippen LogP) is 5.23. The third-order valence-corrected chi connectivity index (χ3v) is 3.81. The Balaban J connectivity index is 4.13. The van der Waals surface area contributed by atoms with E-state index < -0.39 is 58.9 Å². The summed E-state index contributed by atoms with van der Waals surface area (Å²) < 4.78 is 205. The van der Waals surface area contributed by atoms with E-state index in [9.17, 15) is 70.7 Å². The number of carbonyl (C=O) groups is 1. The van der Waals surface area contributed by atoms with Crippen LogP contribution in [0.2, 0.25) is 0 Å². The fourth-order valence-corrected chi connectivity index (χ4v) is 2.06. The van der Waals surface area contributed by atoms with Crippen molar-refractivity contribution in [3.05, 3.63) is 12.2 Å². The Hall–Kier alpha value is -1.84. The van der Waals surface area contributed by atoms with Gasteiger partial charge in [0.1, 0.15) is 0 Å². The van der Waals surface area contributed by atoms with Gasteiger partial charge >= 0.3 is 53.3 Å². The van der Waals surface area contributed by atoms with Crippen molar-refractivity contribution in [1.82, 2.24) is 0 Å². The molecule has 0 saturated heterocycles. The van der Waals surface area contributed by atoms with Gasteiger partial charge in [-0.25, -0.2) is 9.18 Å². The van der Waals surface area contributed by atoms with Crippen LogP contribution in [0.15, 0.2) is 12.2 Å². The smallest absolute Gasteiger partial charge is 0.395 e. The average Bonchev–Trinajstić information content (AvgIpc) is 2.51. The molecule has 0 heterocycles. The fraction of sp³-hybridized carbons (Fsp3) is 0.750. The maximum Gasteiger partial charge on any atom is 0.448 e. The topological polar surface area (TPSA) is 26.3 Å². The molecule has 1 aliphatic carbocycles. The molecular weight excluding hydrogens is 461 g/mol. The second kappa shape index (κ2) is 5.86. The summed E-state index contributed by atoms with van der Waals surface area (Å²) in [4.78, 5) is 10.9. The average molecular weight is 466 g/mol. The highest BCUT2D eigenvalue weighted by Crippen LogP contribution is 2.72. The van der Waals surface area contributed by atoms with Crippen molar-refractivity contribution in [3.8, 4) is 0 Å². The molecule has 0 radical (unpaired) electrons. The lowest BCUT2D eigenvalue weighted by atomic mass is 9.84. The van der Waals surface area contributed by atoms with Gasteiger partial charge in [-0.15, -0.1) is 0 Å². The number of carbonyl (C=O) groups excluding carboxylic acids is 1. The Morgan fingerprint density at radius 1 is 0.655 bits per heavy atom. The highest BCUT2D eigenvalue weighted by atomic mass is 19.4. The molecular formula is C12H5F15O2. The Morgan fingerprint density at radius 2 is 0.897 bits per heavy atom. The van der Waals surface area contributed by atoms with Crippen LogP contribution >= 0.6 is 0 Å². The highest BCUT2D eigenvalue weighted by Gasteiger charge is 3.06. The van der Waals surface area contributed by atoms with Crippen LogP contribution in [0.3, 0.4) is 0 Å². The second-order valence-electron chi connectivity index (χ2n) is 5.79. The van der Waals surface area contributed by atoms with Crippen molar-refractivity contribution in [3.63, 3.8) is 0 Å². The molecule has 0 unspecified atom stereocenters. The molecule has 0 aromatic carbocycles. The number of rotatable bonds is 3. The van der Waals surface area contributed by atoms with Crippen LogP contribution in [-0.4, -0.2) is 53.3 Å². The van der Waals surface area contributed by atoms with Crippen molar-refractivity contribution in [1.29, 1.82) is 0 Å². The van der Waals surface area contributed by atoms with E-state index >= 15 is 0 Å². The van der Waals surface area contributed by atoms with Crippen LogP contribution in [0, 0.1) is 0 Å². The third-order valence-electron chi connectivity index (χ3n) is 3.81. The third kappa shape index (κ3) is 2.44. The molecule has 1 saturated carbocycles. The largest absolute Gasteiger partial charge is 0.448 e. The van der Waals surface area contributed by atoms with Crippen LogP contribution in [0.25, 0.3) is 0 Å². The number of alkyl halides is 15. The van der Waals surface area contributed by atoms with Gasteiger partial charge in [-0.2, -0.15) is 61.5 Å². The minimum Gasteiger partial charge on any atom is -0.395 e. The van der Waals surface area contributed by atoms with E-state index in [2.05, 4.69) is 11.3 Å². The molecule has 0 amide bonds. The first-order valence-electron chi connectivity index (χ1n) is 6.55. The summed E-state index contributed by atoms with van der Waals surface area (Å²) in [5.74, 6) is -52.5. The zero-order valence-corrected chi connectivity index (χ0v) is 13.2. The van der Waals surface area contributed by atoms with E-state index in [0.29, 0.717) is 6.92 Å². The summed E-state index contributed by atoms with van der Waals surface area (Å²) in [7, 11) is 0. The second-order valence-corrected chi connectivity index (χ2v) is 5.79. The van der Waals surface area contributed by atoms with Gasteiger partial charge < -0.3 is 4.74 Å². The molecule has 0 aliphatic heterocycles. The zero-order chi connectivity index (χ0) is 23.9. The van der Waals surface area contributed by atoms with Gasteiger partial charge in [-0.3, -0.25) is 0 Å². The predicted molar refractivity (Wildman–Crippen MR) is 59.4 cm³/mol. The molecule has 1 rings (SSSR count). The van der Waals surface area contributed by atoms with Crippen molar-refractivity contribution < 1.29 is 75.4 Å². The number of esters is 1. The summed E-state index contributed by atoms with van der Waals surface area (Å²) >= 11 is 0. The van der Waals surface area contributed by atoms with Crippen molar-refractivity contribution in [2.45, 2.75) is 54.2 Å².